The first-order chi connectivity index (χ1) is 6.07. The molecule has 0 aliphatic heterocycles. The number of benzene rings is 1. The molecule has 0 saturated carbocycles. The molecule has 2 N–H and O–H groups in total. The molecular formula is C8H7F4N. The van der Waals surface area contributed by atoms with E-state index in [9.17, 15) is 17.6 Å². The molecule has 0 aliphatic carbocycles. The monoisotopic (exact) mass is 193 g/mol. The van der Waals surface area contributed by atoms with E-state index in [0.29, 0.717) is 6.07 Å². The quantitative estimate of drug-likeness (QED) is 0.717. The number of hydrogen-bond acceptors (Lipinski definition) is 1. The highest BCUT2D eigenvalue weighted by Gasteiger charge is 2.18. The number of alkyl halides is 2. The summed E-state index contributed by atoms with van der Waals surface area (Å²) in [5.41, 5.74) is 3.68. The molecule has 0 aromatic heterocycles. The van der Waals surface area contributed by atoms with Crippen molar-refractivity contribution >= 4 is 0 Å². The number of halogens is 4. The van der Waals surface area contributed by atoms with Crippen LogP contribution in [-0.4, -0.2) is 0 Å². The maximum atomic E-state index is 13.0. The molecule has 1 rings (SSSR count). The molecule has 0 unspecified atom stereocenters. The van der Waals surface area contributed by atoms with Crippen LogP contribution in [0, 0.1) is 11.6 Å². The van der Waals surface area contributed by atoms with Crippen molar-refractivity contribution in [3.63, 3.8) is 0 Å². The van der Waals surface area contributed by atoms with Crippen molar-refractivity contribution in [2.24, 2.45) is 5.73 Å². The van der Waals surface area contributed by atoms with Crippen molar-refractivity contribution in [2.75, 3.05) is 0 Å². The van der Waals surface area contributed by atoms with Gasteiger partial charge >= 0.3 is 0 Å². The van der Waals surface area contributed by atoms with Gasteiger partial charge in [-0.1, -0.05) is 0 Å². The first-order valence-corrected chi connectivity index (χ1v) is 3.53. The fourth-order valence-corrected chi connectivity index (χ4v) is 0.971. The van der Waals surface area contributed by atoms with Crippen LogP contribution in [0.1, 0.15) is 17.6 Å². The fraction of sp³-hybridized carbons (Fsp3) is 0.250. The van der Waals surface area contributed by atoms with Crippen molar-refractivity contribution in [3.05, 3.63) is 34.9 Å². The molecule has 1 nitrogen and oxygen atoms in total. The summed E-state index contributed by atoms with van der Waals surface area (Å²) in [6.45, 7) is -0.432. The summed E-state index contributed by atoms with van der Waals surface area (Å²) < 4.78 is 49.9. The lowest BCUT2D eigenvalue weighted by Gasteiger charge is -2.06. The lowest BCUT2D eigenvalue weighted by atomic mass is 10.1. The zero-order valence-corrected chi connectivity index (χ0v) is 6.53. The normalized spacial score (nSPS) is 10.9. The predicted molar refractivity (Wildman–Crippen MR) is 39.2 cm³/mol. The Kier molecular flexibility index (Phi) is 2.87. The Hall–Kier alpha value is -1.10. The molecule has 0 atom stereocenters. The molecule has 0 bridgehead atoms. The molecular weight excluding hydrogens is 186 g/mol. The molecule has 1 aromatic carbocycles. The predicted octanol–water partition coefficient (Wildman–Crippen LogP) is 2.36. The third-order valence-corrected chi connectivity index (χ3v) is 1.66. The van der Waals surface area contributed by atoms with Gasteiger partial charge in [-0.05, 0) is 12.1 Å². The molecule has 0 amide bonds. The highest BCUT2D eigenvalue weighted by atomic mass is 19.3. The maximum absolute atomic E-state index is 13.0. The van der Waals surface area contributed by atoms with Crippen molar-refractivity contribution in [1.29, 1.82) is 0 Å². The Morgan fingerprint density at radius 2 is 1.85 bits per heavy atom. The van der Waals surface area contributed by atoms with Gasteiger partial charge in [-0.2, -0.15) is 0 Å². The van der Waals surface area contributed by atoms with Crippen LogP contribution in [0.5, 0.6) is 0 Å². The van der Waals surface area contributed by atoms with E-state index in [0.717, 1.165) is 6.07 Å². The molecule has 0 saturated heterocycles. The molecule has 0 heterocycles. The first-order valence-electron chi connectivity index (χ1n) is 3.53. The minimum Gasteiger partial charge on any atom is -0.326 e. The second-order valence-electron chi connectivity index (χ2n) is 2.43. The van der Waals surface area contributed by atoms with Crippen LogP contribution in [0.3, 0.4) is 0 Å². The van der Waals surface area contributed by atoms with E-state index < -0.39 is 35.7 Å². The van der Waals surface area contributed by atoms with Crippen LogP contribution in [-0.2, 0) is 6.54 Å². The second kappa shape index (κ2) is 3.74. The lowest BCUT2D eigenvalue weighted by molar-refractivity contribution is 0.146. The summed E-state index contributed by atoms with van der Waals surface area (Å²) >= 11 is 0. The van der Waals surface area contributed by atoms with Gasteiger partial charge in [0.2, 0.25) is 0 Å². The van der Waals surface area contributed by atoms with Gasteiger partial charge in [-0.25, -0.2) is 17.6 Å². The van der Waals surface area contributed by atoms with E-state index in [2.05, 4.69) is 0 Å². The van der Waals surface area contributed by atoms with E-state index in [1.807, 2.05) is 0 Å². The standard InChI is InChI=1S/C8H7F4N/c9-6-2-1-4(8(11)12)7(10)5(6)3-13/h1-2,8H,3,13H2. The molecule has 0 fully saturated rings. The average Bonchev–Trinajstić information content (AvgIpc) is 2.04. The molecule has 0 spiro atoms. The average molecular weight is 193 g/mol. The fourth-order valence-electron chi connectivity index (χ4n) is 0.971. The van der Waals surface area contributed by atoms with Gasteiger partial charge in [-0.3, -0.25) is 0 Å². The maximum Gasteiger partial charge on any atom is 0.266 e. The van der Waals surface area contributed by atoms with Crippen LogP contribution in [0.15, 0.2) is 12.1 Å². The minimum absolute atomic E-state index is 0.432. The molecule has 5 heteroatoms. The third kappa shape index (κ3) is 1.80. The van der Waals surface area contributed by atoms with Gasteiger partial charge in [0.15, 0.2) is 0 Å². The van der Waals surface area contributed by atoms with Crippen LogP contribution < -0.4 is 5.73 Å². The molecule has 72 valence electrons. The summed E-state index contributed by atoms with van der Waals surface area (Å²) in [6, 6.07) is 1.50. The highest BCUT2D eigenvalue weighted by Crippen LogP contribution is 2.25. The molecule has 1 aromatic rings. The van der Waals surface area contributed by atoms with Crippen LogP contribution in [0.2, 0.25) is 0 Å². The van der Waals surface area contributed by atoms with Gasteiger partial charge in [0.25, 0.3) is 6.43 Å². The van der Waals surface area contributed by atoms with Gasteiger partial charge in [0.1, 0.15) is 11.6 Å². The van der Waals surface area contributed by atoms with Crippen molar-refractivity contribution < 1.29 is 17.6 Å². The van der Waals surface area contributed by atoms with Crippen LogP contribution in [0.4, 0.5) is 17.6 Å². The second-order valence-corrected chi connectivity index (χ2v) is 2.43. The van der Waals surface area contributed by atoms with Gasteiger partial charge in [-0.15, -0.1) is 0 Å². The van der Waals surface area contributed by atoms with Gasteiger partial charge in [0.05, 0.1) is 5.56 Å². The molecule has 0 aliphatic rings. The summed E-state index contributed by atoms with van der Waals surface area (Å²) in [5, 5.41) is 0. The number of rotatable bonds is 2. The van der Waals surface area contributed by atoms with Crippen molar-refractivity contribution in [1.82, 2.24) is 0 Å². The van der Waals surface area contributed by atoms with E-state index in [1.54, 1.807) is 0 Å². The number of hydrogen-bond donors (Lipinski definition) is 1. The van der Waals surface area contributed by atoms with Crippen LogP contribution >= 0.6 is 0 Å². The Morgan fingerprint density at radius 1 is 1.23 bits per heavy atom. The summed E-state index contributed by atoms with van der Waals surface area (Å²) in [4.78, 5) is 0. The van der Waals surface area contributed by atoms with E-state index in [-0.39, 0.29) is 0 Å². The van der Waals surface area contributed by atoms with Crippen molar-refractivity contribution in [2.45, 2.75) is 13.0 Å². The number of nitrogens with two attached hydrogens (primary N) is 1. The molecule has 0 radical (unpaired) electrons. The molecule has 13 heavy (non-hydrogen) atoms. The summed E-state index contributed by atoms with van der Waals surface area (Å²) in [7, 11) is 0. The Labute approximate surface area is 72.2 Å². The van der Waals surface area contributed by atoms with E-state index >= 15 is 0 Å². The smallest absolute Gasteiger partial charge is 0.266 e. The Morgan fingerprint density at radius 3 is 2.31 bits per heavy atom. The lowest BCUT2D eigenvalue weighted by Crippen LogP contribution is -2.06. The summed E-state index contributed by atoms with van der Waals surface area (Å²) in [6.07, 6.45) is -2.95. The van der Waals surface area contributed by atoms with Gasteiger partial charge in [0, 0.05) is 12.1 Å². The topological polar surface area (TPSA) is 26.0 Å². The van der Waals surface area contributed by atoms with Gasteiger partial charge < -0.3 is 5.73 Å². The van der Waals surface area contributed by atoms with Crippen molar-refractivity contribution in [3.8, 4) is 0 Å². The first kappa shape index (κ1) is 9.98. The third-order valence-electron chi connectivity index (χ3n) is 1.66. The zero-order valence-electron chi connectivity index (χ0n) is 6.53. The van der Waals surface area contributed by atoms with E-state index in [4.69, 9.17) is 5.73 Å². The zero-order chi connectivity index (χ0) is 10.0. The Bertz CT molecular complexity index is 311. The minimum atomic E-state index is -2.95. The van der Waals surface area contributed by atoms with Crippen LogP contribution in [0.25, 0.3) is 0 Å². The summed E-state index contributed by atoms with van der Waals surface area (Å²) in [5.74, 6) is -2.15. The largest absolute Gasteiger partial charge is 0.326 e. The highest BCUT2D eigenvalue weighted by molar-refractivity contribution is 5.28. The SMILES string of the molecule is NCc1c(F)ccc(C(F)F)c1F. The van der Waals surface area contributed by atoms with E-state index in [1.165, 1.54) is 0 Å². The Balaban J connectivity index is 3.27.